The molecule has 1 fully saturated rings. The van der Waals surface area contributed by atoms with Gasteiger partial charge in [0, 0.05) is 25.9 Å². The molecule has 0 amide bonds. The third kappa shape index (κ3) is 4.50. The molecule has 1 aliphatic heterocycles. The number of aryl methyl sites for hydroxylation is 1. The van der Waals surface area contributed by atoms with Gasteiger partial charge in [0.05, 0.1) is 4.90 Å². The molecule has 0 unspecified atom stereocenters. The van der Waals surface area contributed by atoms with Crippen LogP contribution < -0.4 is 0 Å². The molecular formula is C17H22F2N4O3S. The highest BCUT2D eigenvalue weighted by Crippen LogP contribution is 2.25. The lowest BCUT2D eigenvalue weighted by atomic mass is 10.1. The van der Waals surface area contributed by atoms with Crippen molar-refractivity contribution >= 4 is 10.0 Å². The summed E-state index contributed by atoms with van der Waals surface area (Å²) in [5.41, 5.74) is 0. The first-order chi connectivity index (χ1) is 12.8. The number of likely N-dealkylation sites (tertiary alicyclic amines) is 1. The van der Waals surface area contributed by atoms with Crippen molar-refractivity contribution in [1.82, 2.24) is 19.3 Å². The number of nitrogens with zero attached hydrogens (tertiary/aromatic N) is 4. The molecule has 2 heterocycles. The molecule has 0 saturated carbocycles. The van der Waals surface area contributed by atoms with Gasteiger partial charge in [0.1, 0.15) is 0 Å². The highest BCUT2D eigenvalue weighted by molar-refractivity contribution is 7.89. The number of sulfonamides is 1. The van der Waals surface area contributed by atoms with Gasteiger partial charge in [-0.3, -0.25) is 0 Å². The van der Waals surface area contributed by atoms with E-state index in [1.54, 1.807) is 6.92 Å². The first-order valence-corrected chi connectivity index (χ1v) is 10.2. The van der Waals surface area contributed by atoms with Crippen LogP contribution in [0.25, 0.3) is 0 Å². The lowest BCUT2D eigenvalue weighted by Gasteiger charge is -2.36. The van der Waals surface area contributed by atoms with Crippen LogP contribution in [0.1, 0.15) is 24.6 Å². The number of halogens is 2. The molecule has 1 saturated heterocycles. The van der Waals surface area contributed by atoms with Gasteiger partial charge in [0.25, 0.3) is 0 Å². The maximum absolute atomic E-state index is 13.6. The molecule has 2 aromatic rings. The molecule has 0 N–H and O–H groups in total. The van der Waals surface area contributed by atoms with Crippen LogP contribution >= 0.6 is 0 Å². The Kier molecular flexibility index (Phi) is 5.87. The summed E-state index contributed by atoms with van der Waals surface area (Å²) >= 11 is 0. The highest BCUT2D eigenvalue weighted by Gasteiger charge is 2.33. The Morgan fingerprint density at radius 2 is 1.96 bits per heavy atom. The molecule has 0 atom stereocenters. The Bertz CT molecular complexity index is 895. The van der Waals surface area contributed by atoms with Crippen molar-refractivity contribution in [2.45, 2.75) is 37.1 Å². The smallest absolute Gasteiger partial charge is 0.243 e. The van der Waals surface area contributed by atoms with Gasteiger partial charge in [-0.05, 0) is 51.2 Å². The fourth-order valence-electron chi connectivity index (χ4n) is 3.21. The number of rotatable bonds is 6. The highest BCUT2D eigenvalue weighted by atomic mass is 32.2. The van der Waals surface area contributed by atoms with E-state index in [1.807, 2.05) is 7.05 Å². The maximum Gasteiger partial charge on any atom is 0.243 e. The molecule has 1 aromatic carbocycles. The van der Waals surface area contributed by atoms with Crippen molar-refractivity contribution in [2.75, 3.05) is 26.7 Å². The van der Waals surface area contributed by atoms with Crippen molar-refractivity contribution in [2.24, 2.45) is 0 Å². The molecule has 1 aliphatic rings. The van der Waals surface area contributed by atoms with Gasteiger partial charge >= 0.3 is 0 Å². The predicted octanol–water partition coefficient (Wildman–Crippen LogP) is 1.98. The lowest BCUT2D eigenvalue weighted by Crippen LogP contribution is -2.47. The van der Waals surface area contributed by atoms with Gasteiger partial charge in [-0.2, -0.15) is 9.29 Å². The molecule has 0 bridgehead atoms. The summed E-state index contributed by atoms with van der Waals surface area (Å²) < 4.78 is 59.5. The summed E-state index contributed by atoms with van der Waals surface area (Å²) in [4.78, 5) is 5.97. The first-order valence-electron chi connectivity index (χ1n) is 8.72. The van der Waals surface area contributed by atoms with Crippen LogP contribution in [0.4, 0.5) is 8.78 Å². The molecule has 7 nitrogen and oxygen atoms in total. The molecule has 10 heteroatoms. The van der Waals surface area contributed by atoms with E-state index in [1.165, 1.54) is 4.31 Å². The Hall–Kier alpha value is -1.91. The topological polar surface area (TPSA) is 79.5 Å². The van der Waals surface area contributed by atoms with Gasteiger partial charge in [0.15, 0.2) is 17.5 Å². The van der Waals surface area contributed by atoms with Crippen LogP contribution in [0, 0.1) is 18.6 Å². The number of hydrogen-bond donors (Lipinski definition) is 0. The minimum absolute atomic E-state index is 0.134. The molecule has 3 rings (SSSR count). The van der Waals surface area contributed by atoms with Crippen LogP contribution in [0.3, 0.4) is 0 Å². The van der Waals surface area contributed by atoms with Gasteiger partial charge < -0.3 is 9.42 Å². The quantitative estimate of drug-likeness (QED) is 0.738. The van der Waals surface area contributed by atoms with Crippen molar-refractivity contribution in [1.29, 1.82) is 0 Å². The maximum atomic E-state index is 13.6. The normalized spacial score (nSPS) is 16.9. The average Bonchev–Trinajstić information content (AvgIpc) is 3.04. The number of benzene rings is 1. The summed E-state index contributed by atoms with van der Waals surface area (Å²) in [6, 6.07) is 2.42. The zero-order valence-electron chi connectivity index (χ0n) is 15.2. The SMILES string of the molecule is Cc1nc(CCN(C2CCN(C)CC2)S(=O)(=O)c2ccc(F)c(F)c2)no1. The van der Waals surface area contributed by atoms with Gasteiger partial charge in [0.2, 0.25) is 15.9 Å². The van der Waals surface area contributed by atoms with Crippen molar-refractivity contribution < 1.29 is 21.7 Å². The molecule has 1 aromatic heterocycles. The number of piperidine rings is 1. The van der Waals surface area contributed by atoms with E-state index in [2.05, 4.69) is 15.0 Å². The number of aromatic nitrogens is 2. The van der Waals surface area contributed by atoms with E-state index >= 15 is 0 Å². The van der Waals surface area contributed by atoms with Crippen LogP contribution in [0.2, 0.25) is 0 Å². The zero-order chi connectivity index (χ0) is 19.6. The summed E-state index contributed by atoms with van der Waals surface area (Å²) in [5.74, 6) is -1.46. The Balaban J connectivity index is 1.88. The third-order valence-corrected chi connectivity index (χ3v) is 6.67. The van der Waals surface area contributed by atoms with Gasteiger partial charge in [-0.1, -0.05) is 5.16 Å². The van der Waals surface area contributed by atoms with Crippen LogP contribution in [0.5, 0.6) is 0 Å². The van der Waals surface area contributed by atoms with Crippen LogP contribution in [0.15, 0.2) is 27.6 Å². The largest absolute Gasteiger partial charge is 0.340 e. The monoisotopic (exact) mass is 400 g/mol. The zero-order valence-corrected chi connectivity index (χ0v) is 16.0. The molecule has 148 valence electrons. The first kappa shape index (κ1) is 19.8. The molecular weight excluding hydrogens is 378 g/mol. The fraction of sp³-hybridized carbons (Fsp3) is 0.529. The minimum atomic E-state index is -4.00. The van der Waals surface area contributed by atoms with E-state index in [9.17, 15) is 17.2 Å². The summed E-state index contributed by atoms with van der Waals surface area (Å²) in [7, 11) is -2.02. The standard InChI is InChI=1S/C17H22F2N4O3S/c1-12-20-17(21-26-12)7-10-23(13-5-8-22(2)9-6-13)27(24,25)14-3-4-15(18)16(19)11-14/h3-4,11,13H,5-10H2,1-2H3. The Morgan fingerprint density at radius 3 is 2.56 bits per heavy atom. The van der Waals surface area contributed by atoms with Crippen LogP contribution in [-0.4, -0.2) is 60.5 Å². The van der Waals surface area contributed by atoms with Gasteiger partial charge in [-0.15, -0.1) is 0 Å². The van der Waals surface area contributed by atoms with Gasteiger partial charge in [-0.25, -0.2) is 17.2 Å². The molecule has 0 radical (unpaired) electrons. The number of hydrogen-bond acceptors (Lipinski definition) is 6. The van der Waals surface area contributed by atoms with E-state index < -0.39 is 21.7 Å². The molecule has 0 spiro atoms. The predicted molar refractivity (Wildman–Crippen MR) is 93.5 cm³/mol. The summed E-state index contributed by atoms with van der Waals surface area (Å²) in [6.45, 7) is 3.31. The second kappa shape index (κ2) is 7.99. The fourth-order valence-corrected chi connectivity index (χ4v) is 4.91. The minimum Gasteiger partial charge on any atom is -0.340 e. The lowest BCUT2D eigenvalue weighted by molar-refractivity contribution is 0.182. The molecule has 27 heavy (non-hydrogen) atoms. The van der Waals surface area contributed by atoms with E-state index in [0.717, 1.165) is 31.3 Å². The van der Waals surface area contributed by atoms with Crippen molar-refractivity contribution in [3.8, 4) is 0 Å². The van der Waals surface area contributed by atoms with Crippen LogP contribution in [-0.2, 0) is 16.4 Å². The van der Waals surface area contributed by atoms with E-state index in [4.69, 9.17) is 4.52 Å². The van der Waals surface area contributed by atoms with Crippen molar-refractivity contribution in [3.63, 3.8) is 0 Å². The second-order valence-electron chi connectivity index (χ2n) is 6.71. The van der Waals surface area contributed by atoms with E-state index in [0.29, 0.717) is 24.6 Å². The Morgan fingerprint density at radius 1 is 1.26 bits per heavy atom. The summed E-state index contributed by atoms with van der Waals surface area (Å²) in [6.07, 6.45) is 1.59. The summed E-state index contributed by atoms with van der Waals surface area (Å²) in [5, 5.41) is 3.80. The second-order valence-corrected chi connectivity index (χ2v) is 8.60. The van der Waals surface area contributed by atoms with Crippen molar-refractivity contribution in [3.05, 3.63) is 41.5 Å². The molecule has 0 aliphatic carbocycles. The van der Waals surface area contributed by atoms with E-state index in [-0.39, 0.29) is 23.9 Å². The third-order valence-electron chi connectivity index (χ3n) is 4.72. The Labute approximate surface area is 157 Å². The average molecular weight is 400 g/mol.